The summed E-state index contributed by atoms with van der Waals surface area (Å²) in [5.41, 5.74) is 0.715. The van der Waals surface area contributed by atoms with Crippen molar-refractivity contribution in [3.05, 3.63) is 48.0 Å². The summed E-state index contributed by atoms with van der Waals surface area (Å²) in [7, 11) is 0. The molecule has 29 heavy (non-hydrogen) atoms. The van der Waals surface area contributed by atoms with Crippen molar-refractivity contribution >= 4 is 23.4 Å². The Hall–Kier alpha value is -3.22. The molecule has 2 aromatic rings. The summed E-state index contributed by atoms with van der Waals surface area (Å²) in [6.07, 6.45) is -0.609. The minimum atomic E-state index is -0.637. The minimum absolute atomic E-state index is 0.276. The Labute approximate surface area is 171 Å². The van der Waals surface area contributed by atoms with E-state index in [4.69, 9.17) is 14.2 Å². The van der Waals surface area contributed by atoms with Gasteiger partial charge in [0.1, 0.15) is 17.1 Å². The standard InChI is InChI=1S/C22H28N2O5/c1-6-27-18-14-17(24-21(26)29-22(3,4)5)19(28-7-2)13-16(18)23-20(25)15-11-9-8-10-12-15/h8-14H,6-7H2,1-5H3,(H,23,25)(H,24,26). The van der Waals surface area contributed by atoms with E-state index in [1.807, 2.05) is 19.9 Å². The van der Waals surface area contributed by atoms with Crippen LogP contribution < -0.4 is 20.1 Å². The summed E-state index contributed by atoms with van der Waals surface area (Å²) in [6, 6.07) is 12.1. The first-order valence-corrected chi connectivity index (χ1v) is 9.53. The molecule has 0 fully saturated rings. The fraction of sp³-hybridized carbons (Fsp3) is 0.364. The van der Waals surface area contributed by atoms with E-state index in [9.17, 15) is 9.59 Å². The van der Waals surface area contributed by atoms with Crippen LogP contribution in [0.3, 0.4) is 0 Å². The third kappa shape index (κ3) is 6.71. The Morgan fingerprint density at radius 3 is 1.86 bits per heavy atom. The smallest absolute Gasteiger partial charge is 0.412 e. The van der Waals surface area contributed by atoms with Gasteiger partial charge < -0.3 is 19.5 Å². The van der Waals surface area contributed by atoms with Crippen molar-refractivity contribution in [3.8, 4) is 11.5 Å². The molecule has 0 aromatic heterocycles. The second-order valence-electron chi connectivity index (χ2n) is 7.16. The molecule has 0 aliphatic carbocycles. The lowest BCUT2D eigenvalue weighted by Gasteiger charge is -2.21. The summed E-state index contributed by atoms with van der Waals surface area (Å²) in [5.74, 6) is 0.526. The molecule has 2 N–H and O–H groups in total. The molecule has 2 rings (SSSR count). The molecular weight excluding hydrogens is 372 g/mol. The first-order valence-electron chi connectivity index (χ1n) is 9.53. The number of rotatable bonds is 7. The molecule has 7 nitrogen and oxygen atoms in total. The van der Waals surface area contributed by atoms with E-state index in [-0.39, 0.29) is 5.91 Å². The number of carbonyl (C=O) groups excluding carboxylic acids is 2. The van der Waals surface area contributed by atoms with Crippen molar-refractivity contribution in [2.24, 2.45) is 0 Å². The molecule has 7 heteroatoms. The van der Waals surface area contributed by atoms with Crippen molar-refractivity contribution in [1.82, 2.24) is 0 Å². The lowest BCUT2D eigenvalue weighted by molar-refractivity contribution is 0.0635. The van der Waals surface area contributed by atoms with Gasteiger partial charge in [-0.05, 0) is 46.8 Å². The Bertz CT molecular complexity index is 844. The van der Waals surface area contributed by atoms with Gasteiger partial charge in [-0.2, -0.15) is 0 Å². The minimum Gasteiger partial charge on any atom is -0.492 e. The Kier molecular flexibility index (Phi) is 7.47. The van der Waals surface area contributed by atoms with Crippen LogP contribution in [0.2, 0.25) is 0 Å². The van der Waals surface area contributed by atoms with Gasteiger partial charge in [0.2, 0.25) is 0 Å². The van der Waals surface area contributed by atoms with Gasteiger partial charge in [-0.15, -0.1) is 0 Å². The number of amides is 2. The maximum Gasteiger partial charge on any atom is 0.412 e. The molecule has 156 valence electrons. The monoisotopic (exact) mass is 400 g/mol. The van der Waals surface area contributed by atoms with Crippen molar-refractivity contribution in [3.63, 3.8) is 0 Å². The highest BCUT2D eigenvalue weighted by Crippen LogP contribution is 2.37. The van der Waals surface area contributed by atoms with Gasteiger partial charge in [-0.3, -0.25) is 10.1 Å². The highest BCUT2D eigenvalue weighted by molar-refractivity contribution is 6.05. The van der Waals surface area contributed by atoms with E-state index in [0.717, 1.165) is 0 Å². The van der Waals surface area contributed by atoms with Crippen molar-refractivity contribution in [1.29, 1.82) is 0 Å². The van der Waals surface area contributed by atoms with Gasteiger partial charge in [0, 0.05) is 17.7 Å². The number of nitrogens with one attached hydrogen (secondary N) is 2. The summed E-state index contributed by atoms with van der Waals surface area (Å²) in [5, 5.41) is 5.53. The Morgan fingerprint density at radius 1 is 0.862 bits per heavy atom. The van der Waals surface area contributed by atoms with Crippen LogP contribution >= 0.6 is 0 Å². The molecule has 2 amide bonds. The molecular formula is C22H28N2O5. The zero-order valence-electron chi connectivity index (χ0n) is 17.5. The van der Waals surface area contributed by atoms with Crippen LogP contribution in [-0.2, 0) is 4.74 Å². The first kappa shape index (κ1) is 22.1. The maximum absolute atomic E-state index is 12.6. The number of hydrogen-bond donors (Lipinski definition) is 2. The number of hydrogen-bond acceptors (Lipinski definition) is 5. The van der Waals surface area contributed by atoms with Crippen LogP contribution in [-0.4, -0.2) is 30.8 Å². The van der Waals surface area contributed by atoms with Crippen molar-refractivity contribution in [2.45, 2.75) is 40.2 Å². The van der Waals surface area contributed by atoms with E-state index >= 15 is 0 Å². The fourth-order valence-corrected chi connectivity index (χ4v) is 2.50. The lowest BCUT2D eigenvalue weighted by atomic mass is 10.2. The quantitative estimate of drug-likeness (QED) is 0.677. The maximum atomic E-state index is 12.6. The third-order valence-electron chi connectivity index (χ3n) is 3.60. The summed E-state index contributed by atoms with van der Waals surface area (Å²) >= 11 is 0. The van der Waals surface area contributed by atoms with Crippen molar-refractivity contribution < 1.29 is 23.8 Å². The zero-order valence-corrected chi connectivity index (χ0v) is 17.5. The van der Waals surface area contributed by atoms with Crippen LogP contribution in [0.25, 0.3) is 0 Å². The number of ether oxygens (including phenoxy) is 3. The van der Waals surface area contributed by atoms with Gasteiger partial charge in [0.15, 0.2) is 0 Å². The average molecular weight is 400 g/mol. The molecule has 0 atom stereocenters. The van der Waals surface area contributed by atoms with Crippen LogP contribution in [0.5, 0.6) is 11.5 Å². The Morgan fingerprint density at radius 2 is 1.38 bits per heavy atom. The van der Waals surface area contributed by atoms with E-state index in [0.29, 0.717) is 41.7 Å². The van der Waals surface area contributed by atoms with Crippen LogP contribution in [0.4, 0.5) is 16.2 Å². The van der Waals surface area contributed by atoms with Crippen LogP contribution in [0, 0.1) is 0 Å². The van der Waals surface area contributed by atoms with Crippen LogP contribution in [0.15, 0.2) is 42.5 Å². The van der Waals surface area contributed by atoms with Gasteiger partial charge in [0.25, 0.3) is 5.91 Å². The molecule has 0 unspecified atom stereocenters. The second-order valence-corrected chi connectivity index (χ2v) is 7.16. The van der Waals surface area contributed by atoms with E-state index < -0.39 is 11.7 Å². The molecule has 2 aromatic carbocycles. The van der Waals surface area contributed by atoms with Crippen LogP contribution in [0.1, 0.15) is 45.0 Å². The predicted molar refractivity (Wildman–Crippen MR) is 113 cm³/mol. The molecule has 0 radical (unpaired) electrons. The molecule has 0 aliphatic rings. The number of anilines is 2. The van der Waals surface area contributed by atoms with Gasteiger partial charge in [-0.25, -0.2) is 4.79 Å². The molecule has 0 saturated carbocycles. The number of benzene rings is 2. The molecule has 0 aliphatic heterocycles. The average Bonchev–Trinajstić information content (AvgIpc) is 2.64. The largest absolute Gasteiger partial charge is 0.492 e. The highest BCUT2D eigenvalue weighted by atomic mass is 16.6. The lowest BCUT2D eigenvalue weighted by Crippen LogP contribution is -2.27. The number of carbonyl (C=O) groups is 2. The topological polar surface area (TPSA) is 85.9 Å². The summed E-state index contributed by atoms with van der Waals surface area (Å²) in [6.45, 7) is 9.77. The molecule has 0 saturated heterocycles. The van der Waals surface area contributed by atoms with Crippen molar-refractivity contribution in [2.75, 3.05) is 23.8 Å². The Balaban J connectivity index is 2.35. The normalized spacial score (nSPS) is 10.8. The zero-order chi connectivity index (χ0) is 21.4. The predicted octanol–water partition coefficient (Wildman–Crippen LogP) is 5.08. The van der Waals surface area contributed by atoms with Gasteiger partial charge in [-0.1, -0.05) is 18.2 Å². The first-order chi connectivity index (χ1) is 13.7. The van der Waals surface area contributed by atoms with E-state index in [1.54, 1.807) is 57.2 Å². The van der Waals surface area contributed by atoms with Gasteiger partial charge in [0.05, 0.1) is 24.6 Å². The molecule has 0 heterocycles. The fourth-order valence-electron chi connectivity index (χ4n) is 2.50. The van der Waals surface area contributed by atoms with Gasteiger partial charge >= 0.3 is 6.09 Å². The SMILES string of the molecule is CCOc1cc(NC(=O)c2ccccc2)c(OCC)cc1NC(=O)OC(C)(C)C. The summed E-state index contributed by atoms with van der Waals surface area (Å²) < 4.78 is 16.6. The molecule has 0 bridgehead atoms. The summed E-state index contributed by atoms with van der Waals surface area (Å²) in [4.78, 5) is 24.8. The third-order valence-corrected chi connectivity index (χ3v) is 3.60. The van der Waals surface area contributed by atoms with E-state index in [2.05, 4.69) is 10.6 Å². The molecule has 0 spiro atoms. The highest BCUT2D eigenvalue weighted by Gasteiger charge is 2.20. The van der Waals surface area contributed by atoms with E-state index in [1.165, 1.54) is 0 Å². The second kappa shape index (κ2) is 9.82.